The van der Waals surface area contributed by atoms with Crippen LogP contribution < -0.4 is 5.32 Å². The molecule has 0 radical (unpaired) electrons. The molecule has 138 valence electrons. The van der Waals surface area contributed by atoms with E-state index in [9.17, 15) is 13.2 Å². The smallest absolute Gasteiger partial charge is 0.224 e. The van der Waals surface area contributed by atoms with Crippen molar-refractivity contribution in [2.75, 3.05) is 11.1 Å². The van der Waals surface area contributed by atoms with Crippen molar-refractivity contribution in [3.63, 3.8) is 0 Å². The van der Waals surface area contributed by atoms with Gasteiger partial charge in [-0.3, -0.25) is 4.79 Å². The lowest BCUT2D eigenvalue weighted by Gasteiger charge is -2.10. The van der Waals surface area contributed by atoms with Crippen LogP contribution in [0, 0.1) is 5.92 Å². The van der Waals surface area contributed by atoms with Crippen molar-refractivity contribution >= 4 is 21.4 Å². The van der Waals surface area contributed by atoms with Crippen molar-refractivity contribution in [3.8, 4) is 11.3 Å². The molecule has 6 nitrogen and oxygen atoms in total. The van der Waals surface area contributed by atoms with Crippen LogP contribution in [0.2, 0.25) is 0 Å². The average molecular weight is 373 g/mol. The van der Waals surface area contributed by atoms with Crippen LogP contribution in [0.15, 0.2) is 41.4 Å². The van der Waals surface area contributed by atoms with Crippen LogP contribution in [-0.4, -0.2) is 30.3 Å². The Morgan fingerprint density at radius 1 is 1.15 bits per heavy atom. The van der Waals surface area contributed by atoms with Crippen LogP contribution in [0.3, 0.4) is 0 Å². The third-order valence-corrected chi connectivity index (χ3v) is 6.34. The normalized spacial score (nSPS) is 15.1. The molecule has 1 aliphatic carbocycles. The van der Waals surface area contributed by atoms with Gasteiger partial charge in [0.15, 0.2) is 14.9 Å². The van der Waals surface area contributed by atoms with Crippen LogP contribution in [0.5, 0.6) is 0 Å². The number of anilines is 1. The molecule has 0 saturated heterocycles. The van der Waals surface area contributed by atoms with Crippen LogP contribution in [0.1, 0.15) is 39.0 Å². The Balaban J connectivity index is 1.71. The van der Waals surface area contributed by atoms with E-state index in [2.05, 4.69) is 15.5 Å². The highest BCUT2D eigenvalue weighted by molar-refractivity contribution is 7.91. The Bertz CT molecular complexity index is 873. The number of carbonyl (C=O) groups is 1. The maximum absolute atomic E-state index is 12.2. The number of nitrogens with one attached hydrogen (secondary N) is 1. The van der Waals surface area contributed by atoms with E-state index in [1.54, 1.807) is 13.0 Å². The van der Waals surface area contributed by atoms with Gasteiger partial charge in [0.25, 0.3) is 0 Å². The molecule has 26 heavy (non-hydrogen) atoms. The van der Waals surface area contributed by atoms with Crippen molar-refractivity contribution in [1.82, 2.24) is 10.2 Å². The van der Waals surface area contributed by atoms with Gasteiger partial charge >= 0.3 is 0 Å². The molecule has 0 atom stereocenters. The zero-order valence-electron chi connectivity index (χ0n) is 14.8. The first-order chi connectivity index (χ1) is 12.5. The topological polar surface area (TPSA) is 89.0 Å². The molecule has 1 fully saturated rings. The third-order valence-electron chi connectivity index (χ3n) is 4.73. The zero-order chi connectivity index (χ0) is 18.6. The van der Waals surface area contributed by atoms with Crippen LogP contribution in [0.4, 0.5) is 5.69 Å². The van der Waals surface area contributed by atoms with Gasteiger partial charge in [-0.1, -0.05) is 31.9 Å². The highest BCUT2D eigenvalue weighted by Gasteiger charge is 2.18. The first-order valence-electron chi connectivity index (χ1n) is 8.94. The molecule has 1 heterocycles. The second-order valence-electron chi connectivity index (χ2n) is 6.64. The molecule has 0 bridgehead atoms. The predicted octanol–water partition coefficient (Wildman–Crippen LogP) is 3.46. The number of rotatable bonds is 6. The second kappa shape index (κ2) is 7.95. The van der Waals surface area contributed by atoms with Gasteiger partial charge in [-0.15, -0.1) is 10.2 Å². The van der Waals surface area contributed by atoms with E-state index in [0.717, 1.165) is 18.4 Å². The molecular formula is C19H23N3O3S. The molecule has 1 aliphatic rings. The number of amides is 1. The van der Waals surface area contributed by atoms with Crippen molar-refractivity contribution in [3.05, 3.63) is 36.4 Å². The maximum atomic E-state index is 12.2. The van der Waals surface area contributed by atoms with Crippen LogP contribution >= 0.6 is 0 Å². The minimum Gasteiger partial charge on any atom is -0.326 e. The third kappa shape index (κ3) is 4.46. The minimum atomic E-state index is -3.36. The quantitative estimate of drug-likeness (QED) is 0.838. The SMILES string of the molecule is CCS(=O)(=O)c1ccc(-c2cccc(NC(=O)CC3CCCC3)c2)nn1. The zero-order valence-corrected chi connectivity index (χ0v) is 15.6. The summed E-state index contributed by atoms with van der Waals surface area (Å²) in [5.74, 6) is 0.519. The second-order valence-corrected chi connectivity index (χ2v) is 8.87. The van der Waals surface area contributed by atoms with E-state index in [4.69, 9.17) is 0 Å². The average Bonchev–Trinajstić information content (AvgIpc) is 3.15. The Labute approximate surface area is 154 Å². The molecule has 1 aromatic carbocycles. The summed E-state index contributed by atoms with van der Waals surface area (Å²) in [4.78, 5) is 12.2. The maximum Gasteiger partial charge on any atom is 0.224 e. The lowest BCUT2D eigenvalue weighted by Crippen LogP contribution is -2.15. The van der Waals surface area contributed by atoms with E-state index in [1.807, 2.05) is 24.3 Å². The van der Waals surface area contributed by atoms with E-state index >= 15 is 0 Å². The molecule has 1 N–H and O–H groups in total. The molecule has 0 aliphatic heterocycles. The molecule has 2 aromatic rings. The fourth-order valence-corrected chi connectivity index (χ4v) is 3.97. The number of carbonyl (C=O) groups excluding carboxylic acids is 1. The van der Waals surface area contributed by atoms with Gasteiger partial charge < -0.3 is 5.32 Å². The Morgan fingerprint density at radius 2 is 1.92 bits per heavy atom. The summed E-state index contributed by atoms with van der Waals surface area (Å²) >= 11 is 0. The van der Waals surface area contributed by atoms with Crippen LogP contribution in [0.25, 0.3) is 11.3 Å². The van der Waals surface area contributed by atoms with E-state index in [0.29, 0.717) is 23.7 Å². The van der Waals surface area contributed by atoms with Gasteiger partial charge in [0, 0.05) is 17.7 Å². The molecule has 3 rings (SSSR count). The number of hydrogen-bond donors (Lipinski definition) is 1. The number of sulfone groups is 1. The lowest BCUT2D eigenvalue weighted by molar-refractivity contribution is -0.117. The summed E-state index contributed by atoms with van der Waals surface area (Å²) in [6, 6.07) is 10.4. The van der Waals surface area contributed by atoms with Crippen molar-refractivity contribution in [2.45, 2.75) is 44.1 Å². The highest BCUT2D eigenvalue weighted by Crippen LogP contribution is 2.28. The number of benzene rings is 1. The number of nitrogens with zero attached hydrogens (tertiary/aromatic N) is 2. The fraction of sp³-hybridized carbons (Fsp3) is 0.421. The molecule has 1 aromatic heterocycles. The van der Waals surface area contributed by atoms with Crippen LogP contribution in [-0.2, 0) is 14.6 Å². The molecule has 1 saturated carbocycles. The Morgan fingerprint density at radius 3 is 2.58 bits per heavy atom. The predicted molar refractivity (Wildman–Crippen MR) is 100 cm³/mol. The highest BCUT2D eigenvalue weighted by atomic mass is 32.2. The van der Waals surface area contributed by atoms with Gasteiger partial charge in [0.05, 0.1) is 11.4 Å². The number of hydrogen-bond acceptors (Lipinski definition) is 5. The Hall–Kier alpha value is -2.28. The van der Waals surface area contributed by atoms with Gasteiger partial charge in [0.2, 0.25) is 5.91 Å². The standard InChI is InChI=1S/C19H23N3O3S/c1-2-26(24,25)19-11-10-17(21-22-19)15-8-5-9-16(13-15)20-18(23)12-14-6-3-4-7-14/h5,8-11,13-14H,2-4,6-7,12H2,1H3,(H,20,23). The largest absolute Gasteiger partial charge is 0.326 e. The number of aromatic nitrogens is 2. The van der Waals surface area contributed by atoms with Gasteiger partial charge in [0.1, 0.15) is 0 Å². The molecule has 0 spiro atoms. The summed E-state index contributed by atoms with van der Waals surface area (Å²) in [6.07, 6.45) is 5.27. The van der Waals surface area contributed by atoms with E-state index in [-0.39, 0.29) is 16.7 Å². The molecule has 0 unspecified atom stereocenters. The summed E-state index contributed by atoms with van der Waals surface area (Å²) < 4.78 is 23.6. The molecular weight excluding hydrogens is 350 g/mol. The van der Waals surface area contributed by atoms with E-state index < -0.39 is 9.84 Å². The lowest BCUT2D eigenvalue weighted by atomic mass is 10.0. The minimum absolute atomic E-state index is 0.0104. The van der Waals surface area contributed by atoms with Gasteiger partial charge in [-0.2, -0.15) is 0 Å². The van der Waals surface area contributed by atoms with Crippen molar-refractivity contribution in [2.24, 2.45) is 5.92 Å². The first-order valence-corrected chi connectivity index (χ1v) is 10.6. The van der Waals surface area contributed by atoms with Crippen molar-refractivity contribution in [1.29, 1.82) is 0 Å². The molecule has 1 amide bonds. The summed E-state index contributed by atoms with van der Waals surface area (Å²) in [7, 11) is -3.36. The van der Waals surface area contributed by atoms with E-state index in [1.165, 1.54) is 18.9 Å². The van der Waals surface area contributed by atoms with Gasteiger partial charge in [-0.25, -0.2) is 8.42 Å². The summed E-state index contributed by atoms with van der Waals surface area (Å²) in [5.41, 5.74) is 2.04. The monoisotopic (exact) mass is 373 g/mol. The first kappa shape index (κ1) is 18.5. The van der Waals surface area contributed by atoms with Crippen molar-refractivity contribution < 1.29 is 13.2 Å². The van der Waals surface area contributed by atoms with Gasteiger partial charge in [-0.05, 0) is 43.0 Å². The Kier molecular flexibility index (Phi) is 5.66. The summed E-state index contributed by atoms with van der Waals surface area (Å²) in [6.45, 7) is 1.57. The summed E-state index contributed by atoms with van der Waals surface area (Å²) in [5, 5.41) is 10.8. The fourth-order valence-electron chi connectivity index (χ4n) is 3.23. The molecule has 7 heteroatoms.